The van der Waals surface area contributed by atoms with Crippen LogP contribution in [0.5, 0.6) is 0 Å². The monoisotopic (exact) mass is 376 g/mol. The molecule has 1 aromatic rings. The van der Waals surface area contributed by atoms with Crippen molar-refractivity contribution in [2.24, 2.45) is 0 Å². The Labute approximate surface area is 157 Å². The van der Waals surface area contributed by atoms with E-state index in [1.807, 2.05) is 29.2 Å². The first kappa shape index (κ1) is 18.7. The molecular weight excluding hydrogens is 352 g/mol. The summed E-state index contributed by atoms with van der Waals surface area (Å²) in [5, 5.41) is 2.82. The van der Waals surface area contributed by atoms with Crippen molar-refractivity contribution >= 4 is 29.5 Å². The van der Waals surface area contributed by atoms with Gasteiger partial charge in [-0.2, -0.15) is 0 Å². The van der Waals surface area contributed by atoms with Crippen LogP contribution >= 0.6 is 11.8 Å². The lowest BCUT2D eigenvalue weighted by Crippen LogP contribution is -2.47. The first-order valence-corrected chi connectivity index (χ1v) is 9.87. The van der Waals surface area contributed by atoms with E-state index in [0.29, 0.717) is 23.7 Å². The van der Waals surface area contributed by atoms with E-state index in [9.17, 15) is 14.4 Å². The van der Waals surface area contributed by atoms with Crippen LogP contribution < -0.4 is 5.32 Å². The lowest BCUT2D eigenvalue weighted by atomic mass is 10.1. The fourth-order valence-electron chi connectivity index (χ4n) is 2.93. The van der Waals surface area contributed by atoms with Gasteiger partial charge < -0.3 is 20.0 Å². The van der Waals surface area contributed by atoms with E-state index < -0.39 is 0 Å². The smallest absolute Gasteiger partial charge is 0.253 e. The van der Waals surface area contributed by atoms with Gasteiger partial charge in [0.1, 0.15) is 6.54 Å². The quantitative estimate of drug-likeness (QED) is 0.796. The van der Waals surface area contributed by atoms with E-state index >= 15 is 0 Å². The van der Waals surface area contributed by atoms with Gasteiger partial charge in [-0.15, -0.1) is 11.8 Å². The summed E-state index contributed by atoms with van der Waals surface area (Å²) >= 11 is 1.52. The molecule has 0 unspecified atom stereocenters. The highest BCUT2D eigenvalue weighted by molar-refractivity contribution is 8.00. The average Bonchev–Trinajstić information content (AvgIpc) is 3.05. The van der Waals surface area contributed by atoms with Crippen molar-refractivity contribution in [2.75, 3.05) is 51.4 Å². The normalized spacial score (nSPS) is 18.3. The Morgan fingerprint density at radius 2 is 1.81 bits per heavy atom. The molecule has 0 radical (unpaired) electrons. The van der Waals surface area contributed by atoms with Gasteiger partial charge in [0.25, 0.3) is 5.91 Å². The van der Waals surface area contributed by atoms with Crippen molar-refractivity contribution in [1.29, 1.82) is 0 Å². The number of likely N-dealkylation sites (N-methyl/N-ethyl adjacent to an activating group) is 1. The molecule has 140 valence electrons. The first-order valence-electron chi connectivity index (χ1n) is 8.72. The summed E-state index contributed by atoms with van der Waals surface area (Å²) in [6.07, 6.45) is 0. The van der Waals surface area contributed by atoms with Crippen molar-refractivity contribution in [2.45, 2.75) is 6.54 Å². The molecule has 0 aromatic heterocycles. The Bertz CT molecular complexity index is 672. The van der Waals surface area contributed by atoms with Gasteiger partial charge in [-0.25, -0.2) is 0 Å². The van der Waals surface area contributed by atoms with Gasteiger partial charge in [0.2, 0.25) is 11.8 Å². The van der Waals surface area contributed by atoms with E-state index in [1.165, 1.54) is 11.8 Å². The molecule has 0 bridgehead atoms. The molecule has 0 spiro atoms. The summed E-state index contributed by atoms with van der Waals surface area (Å²) in [5.74, 6) is 0.930. The van der Waals surface area contributed by atoms with Crippen LogP contribution in [0.1, 0.15) is 15.9 Å². The van der Waals surface area contributed by atoms with Gasteiger partial charge in [0.15, 0.2) is 0 Å². The molecule has 2 aliphatic heterocycles. The number of benzene rings is 1. The van der Waals surface area contributed by atoms with Crippen molar-refractivity contribution < 1.29 is 14.4 Å². The van der Waals surface area contributed by atoms with Crippen LogP contribution in [-0.4, -0.2) is 83.8 Å². The van der Waals surface area contributed by atoms with Gasteiger partial charge in [0, 0.05) is 38.3 Å². The Morgan fingerprint density at radius 3 is 2.42 bits per heavy atom. The highest BCUT2D eigenvalue weighted by Crippen LogP contribution is 2.14. The van der Waals surface area contributed by atoms with Crippen molar-refractivity contribution in [3.63, 3.8) is 0 Å². The third kappa shape index (κ3) is 4.76. The second kappa shape index (κ2) is 8.55. The lowest BCUT2D eigenvalue weighted by Gasteiger charge is -2.32. The van der Waals surface area contributed by atoms with Gasteiger partial charge in [-0.3, -0.25) is 14.4 Å². The Hall–Kier alpha value is -2.06. The van der Waals surface area contributed by atoms with Crippen LogP contribution in [0.4, 0.5) is 0 Å². The minimum Gasteiger partial charge on any atom is -0.350 e. The maximum Gasteiger partial charge on any atom is 0.253 e. The molecule has 3 rings (SSSR count). The number of nitrogens with zero attached hydrogens (tertiary/aromatic N) is 3. The van der Waals surface area contributed by atoms with E-state index in [0.717, 1.165) is 31.7 Å². The summed E-state index contributed by atoms with van der Waals surface area (Å²) in [7, 11) is 2.06. The van der Waals surface area contributed by atoms with Crippen molar-refractivity contribution in [3.8, 4) is 0 Å². The van der Waals surface area contributed by atoms with Crippen LogP contribution in [0, 0.1) is 0 Å². The predicted molar refractivity (Wildman–Crippen MR) is 101 cm³/mol. The molecule has 3 amide bonds. The largest absolute Gasteiger partial charge is 0.350 e. The predicted octanol–water partition coefficient (Wildman–Crippen LogP) is 0.223. The number of thioether (sulfide) groups is 1. The highest BCUT2D eigenvalue weighted by Gasteiger charge is 2.23. The number of hydrogen-bond donors (Lipinski definition) is 1. The second-order valence-electron chi connectivity index (χ2n) is 6.64. The number of nitrogens with one attached hydrogen (secondary N) is 1. The SMILES string of the molecule is CN1CCN(C(=O)c2ccc(CNC(=O)CN3CSCC3=O)cc2)CC1. The second-order valence-corrected chi connectivity index (χ2v) is 7.59. The number of rotatable bonds is 5. The summed E-state index contributed by atoms with van der Waals surface area (Å²) in [6, 6.07) is 7.34. The number of amides is 3. The van der Waals surface area contributed by atoms with E-state index in [2.05, 4.69) is 17.3 Å². The fourth-order valence-corrected chi connectivity index (χ4v) is 3.83. The summed E-state index contributed by atoms with van der Waals surface area (Å²) < 4.78 is 0. The Morgan fingerprint density at radius 1 is 1.12 bits per heavy atom. The summed E-state index contributed by atoms with van der Waals surface area (Å²) in [6.45, 7) is 3.78. The number of piperazine rings is 1. The van der Waals surface area contributed by atoms with Crippen molar-refractivity contribution in [3.05, 3.63) is 35.4 Å². The van der Waals surface area contributed by atoms with E-state index in [-0.39, 0.29) is 24.3 Å². The van der Waals surface area contributed by atoms with Gasteiger partial charge in [-0.05, 0) is 24.7 Å². The number of hydrogen-bond acceptors (Lipinski definition) is 5. The summed E-state index contributed by atoms with van der Waals surface area (Å²) in [4.78, 5) is 41.6. The highest BCUT2D eigenvalue weighted by atomic mass is 32.2. The minimum absolute atomic E-state index is 0.0110. The zero-order valence-electron chi connectivity index (χ0n) is 14.9. The molecule has 2 aliphatic rings. The van der Waals surface area contributed by atoms with E-state index in [4.69, 9.17) is 0 Å². The van der Waals surface area contributed by atoms with Crippen molar-refractivity contribution in [1.82, 2.24) is 20.0 Å². The molecule has 0 saturated carbocycles. The zero-order chi connectivity index (χ0) is 18.5. The molecule has 26 heavy (non-hydrogen) atoms. The van der Waals surface area contributed by atoms with Gasteiger partial charge in [0.05, 0.1) is 11.6 Å². The Balaban J connectivity index is 1.47. The molecule has 2 saturated heterocycles. The maximum absolute atomic E-state index is 12.5. The van der Waals surface area contributed by atoms with Crippen LogP contribution in [0.25, 0.3) is 0 Å². The standard InChI is InChI=1S/C18H24N4O3S/c1-20-6-8-21(9-7-20)18(25)15-4-2-14(3-5-15)10-19-16(23)11-22-13-26-12-17(22)24/h2-5H,6-13H2,1H3,(H,19,23). The summed E-state index contributed by atoms with van der Waals surface area (Å²) in [5.41, 5.74) is 1.60. The molecule has 2 fully saturated rings. The molecule has 1 aromatic carbocycles. The molecule has 7 nitrogen and oxygen atoms in total. The molecule has 8 heteroatoms. The lowest BCUT2D eigenvalue weighted by molar-refractivity contribution is -0.132. The molecular formula is C18H24N4O3S. The molecule has 1 N–H and O–H groups in total. The topological polar surface area (TPSA) is 73.0 Å². The third-order valence-electron chi connectivity index (χ3n) is 4.64. The fraction of sp³-hybridized carbons (Fsp3) is 0.500. The number of carbonyl (C=O) groups is 3. The molecule has 0 atom stereocenters. The maximum atomic E-state index is 12.5. The zero-order valence-corrected chi connectivity index (χ0v) is 15.8. The molecule has 2 heterocycles. The minimum atomic E-state index is -0.168. The van der Waals surface area contributed by atoms with Crippen LogP contribution in [0.3, 0.4) is 0 Å². The van der Waals surface area contributed by atoms with Crippen LogP contribution in [0.2, 0.25) is 0 Å². The van der Waals surface area contributed by atoms with Gasteiger partial charge in [-0.1, -0.05) is 12.1 Å². The first-order chi connectivity index (χ1) is 12.5. The van der Waals surface area contributed by atoms with E-state index in [1.54, 1.807) is 4.90 Å². The van der Waals surface area contributed by atoms with Crippen LogP contribution in [-0.2, 0) is 16.1 Å². The van der Waals surface area contributed by atoms with Crippen LogP contribution in [0.15, 0.2) is 24.3 Å². The molecule has 0 aliphatic carbocycles. The number of carbonyl (C=O) groups excluding carboxylic acids is 3. The average molecular weight is 376 g/mol. The van der Waals surface area contributed by atoms with Gasteiger partial charge >= 0.3 is 0 Å². The third-order valence-corrected chi connectivity index (χ3v) is 5.59. The Kier molecular flexibility index (Phi) is 6.16.